The van der Waals surface area contributed by atoms with Crippen LogP contribution in [0.3, 0.4) is 0 Å². The summed E-state index contributed by atoms with van der Waals surface area (Å²) in [6, 6.07) is 5.86. The van der Waals surface area contributed by atoms with Crippen LogP contribution in [-0.4, -0.2) is 53.8 Å². The van der Waals surface area contributed by atoms with Gasteiger partial charge in [-0.25, -0.2) is 0 Å². The maximum atomic E-state index is 5.45. The Morgan fingerprint density at radius 2 is 1.65 bits per heavy atom. The second-order valence-corrected chi connectivity index (χ2v) is 4.94. The third-order valence-corrected chi connectivity index (χ3v) is 2.94. The molecule has 0 amide bonds. The van der Waals surface area contributed by atoms with Crippen LogP contribution < -0.4 is 10.1 Å². The highest BCUT2D eigenvalue weighted by molar-refractivity contribution is 9.10. The standard InChI is InChI=1S/C14H22BrNO4/c1-17-5-6-20-8-7-19-4-3-16-13-9-12(15)10-14(11-13)18-2/h9-11,16H,3-8H2,1-2H3. The van der Waals surface area contributed by atoms with Gasteiger partial charge in [-0.05, 0) is 12.1 Å². The number of hydrogen-bond acceptors (Lipinski definition) is 5. The van der Waals surface area contributed by atoms with Gasteiger partial charge >= 0.3 is 0 Å². The van der Waals surface area contributed by atoms with E-state index in [1.54, 1.807) is 14.2 Å². The van der Waals surface area contributed by atoms with E-state index in [0.717, 1.165) is 22.5 Å². The minimum absolute atomic E-state index is 0.590. The van der Waals surface area contributed by atoms with Gasteiger partial charge in [0.1, 0.15) is 5.75 Å². The van der Waals surface area contributed by atoms with Crippen LogP contribution in [-0.2, 0) is 14.2 Å². The Bertz CT molecular complexity index is 376. The predicted molar refractivity (Wildman–Crippen MR) is 82.7 cm³/mol. The maximum absolute atomic E-state index is 5.45. The molecule has 0 saturated heterocycles. The predicted octanol–water partition coefficient (Wildman–Crippen LogP) is 2.55. The molecule has 0 unspecified atom stereocenters. The zero-order valence-corrected chi connectivity index (χ0v) is 13.6. The van der Waals surface area contributed by atoms with Crippen molar-refractivity contribution in [3.05, 3.63) is 22.7 Å². The lowest BCUT2D eigenvalue weighted by molar-refractivity contribution is 0.0272. The Kier molecular flexibility index (Phi) is 9.40. The van der Waals surface area contributed by atoms with E-state index >= 15 is 0 Å². The van der Waals surface area contributed by atoms with Crippen molar-refractivity contribution in [1.29, 1.82) is 0 Å². The van der Waals surface area contributed by atoms with Crippen LogP contribution in [0.4, 0.5) is 5.69 Å². The van der Waals surface area contributed by atoms with Gasteiger partial charge in [0.15, 0.2) is 0 Å². The van der Waals surface area contributed by atoms with Crippen LogP contribution in [0, 0.1) is 0 Å². The van der Waals surface area contributed by atoms with E-state index in [4.69, 9.17) is 18.9 Å². The lowest BCUT2D eigenvalue weighted by Crippen LogP contribution is -2.13. The minimum atomic E-state index is 0.590. The van der Waals surface area contributed by atoms with Crippen LogP contribution >= 0.6 is 15.9 Å². The molecular weight excluding hydrogens is 326 g/mol. The van der Waals surface area contributed by atoms with E-state index in [0.29, 0.717) is 33.0 Å². The number of methoxy groups -OCH3 is 2. The fourth-order valence-electron chi connectivity index (χ4n) is 1.51. The Labute approximate surface area is 128 Å². The Morgan fingerprint density at radius 3 is 2.35 bits per heavy atom. The molecule has 0 heterocycles. The molecule has 0 radical (unpaired) electrons. The van der Waals surface area contributed by atoms with Gasteiger partial charge in [-0.1, -0.05) is 15.9 Å². The van der Waals surface area contributed by atoms with E-state index in [1.807, 2.05) is 18.2 Å². The normalized spacial score (nSPS) is 10.6. The summed E-state index contributed by atoms with van der Waals surface area (Å²) in [5.41, 5.74) is 0.996. The molecule has 1 N–H and O–H groups in total. The maximum Gasteiger partial charge on any atom is 0.122 e. The molecule has 0 aliphatic rings. The number of anilines is 1. The first-order valence-electron chi connectivity index (χ1n) is 6.49. The first kappa shape index (κ1) is 17.2. The van der Waals surface area contributed by atoms with Crippen molar-refractivity contribution < 1.29 is 18.9 Å². The molecule has 0 saturated carbocycles. The van der Waals surface area contributed by atoms with Crippen molar-refractivity contribution in [2.75, 3.05) is 59.1 Å². The first-order valence-corrected chi connectivity index (χ1v) is 7.28. The number of halogens is 1. The van der Waals surface area contributed by atoms with Crippen molar-refractivity contribution in [3.63, 3.8) is 0 Å². The molecule has 1 rings (SSSR count). The zero-order valence-electron chi connectivity index (χ0n) is 12.0. The van der Waals surface area contributed by atoms with Crippen LogP contribution in [0.15, 0.2) is 22.7 Å². The van der Waals surface area contributed by atoms with E-state index in [-0.39, 0.29) is 0 Å². The molecule has 0 aromatic heterocycles. The number of nitrogens with one attached hydrogen (secondary N) is 1. The summed E-state index contributed by atoms with van der Waals surface area (Å²) in [7, 11) is 3.31. The van der Waals surface area contributed by atoms with Crippen molar-refractivity contribution in [2.24, 2.45) is 0 Å². The average molecular weight is 348 g/mol. The minimum Gasteiger partial charge on any atom is -0.497 e. The zero-order chi connectivity index (χ0) is 14.6. The van der Waals surface area contributed by atoms with Crippen LogP contribution in [0.2, 0.25) is 0 Å². The van der Waals surface area contributed by atoms with E-state index < -0.39 is 0 Å². The molecule has 0 atom stereocenters. The largest absolute Gasteiger partial charge is 0.497 e. The number of hydrogen-bond donors (Lipinski definition) is 1. The van der Waals surface area contributed by atoms with Crippen molar-refractivity contribution >= 4 is 21.6 Å². The summed E-state index contributed by atoms with van der Waals surface area (Å²) in [6.07, 6.45) is 0. The molecule has 6 heteroatoms. The fraction of sp³-hybridized carbons (Fsp3) is 0.571. The second kappa shape index (κ2) is 10.9. The van der Waals surface area contributed by atoms with Gasteiger partial charge in [-0.15, -0.1) is 0 Å². The highest BCUT2D eigenvalue weighted by Crippen LogP contribution is 2.24. The van der Waals surface area contributed by atoms with Gasteiger partial charge in [0.2, 0.25) is 0 Å². The summed E-state index contributed by atoms with van der Waals surface area (Å²) < 4.78 is 21.8. The Hall–Kier alpha value is -0.820. The first-order chi connectivity index (χ1) is 9.76. The van der Waals surface area contributed by atoms with E-state index in [9.17, 15) is 0 Å². The molecule has 0 aliphatic heterocycles. The smallest absolute Gasteiger partial charge is 0.122 e. The SMILES string of the molecule is COCCOCCOCCNc1cc(Br)cc(OC)c1. The van der Waals surface area contributed by atoms with Crippen molar-refractivity contribution in [1.82, 2.24) is 0 Å². The van der Waals surface area contributed by atoms with Gasteiger partial charge in [0.05, 0.1) is 40.1 Å². The molecule has 0 aliphatic carbocycles. The van der Waals surface area contributed by atoms with Gasteiger partial charge in [-0.2, -0.15) is 0 Å². The summed E-state index contributed by atoms with van der Waals surface area (Å²) >= 11 is 3.44. The fourth-order valence-corrected chi connectivity index (χ4v) is 1.99. The third kappa shape index (κ3) is 7.69. The molecule has 1 aromatic rings. The lowest BCUT2D eigenvalue weighted by atomic mass is 10.3. The highest BCUT2D eigenvalue weighted by Gasteiger charge is 1.99. The molecule has 20 heavy (non-hydrogen) atoms. The summed E-state index contributed by atoms with van der Waals surface area (Å²) in [6.45, 7) is 3.77. The van der Waals surface area contributed by atoms with Crippen LogP contribution in [0.1, 0.15) is 0 Å². The molecular formula is C14H22BrNO4. The van der Waals surface area contributed by atoms with Gasteiger partial charge in [-0.3, -0.25) is 0 Å². The van der Waals surface area contributed by atoms with Crippen LogP contribution in [0.25, 0.3) is 0 Å². The quantitative estimate of drug-likeness (QED) is 0.623. The topological polar surface area (TPSA) is 49.0 Å². The number of rotatable bonds is 11. The molecule has 0 bridgehead atoms. The number of benzene rings is 1. The summed E-state index contributed by atoms with van der Waals surface area (Å²) in [4.78, 5) is 0. The molecule has 0 fully saturated rings. The van der Waals surface area contributed by atoms with Crippen molar-refractivity contribution in [3.8, 4) is 5.75 Å². The Morgan fingerprint density at radius 1 is 0.950 bits per heavy atom. The second-order valence-electron chi connectivity index (χ2n) is 4.02. The molecule has 0 spiro atoms. The third-order valence-electron chi connectivity index (χ3n) is 2.49. The lowest BCUT2D eigenvalue weighted by Gasteiger charge is -2.10. The molecule has 114 valence electrons. The molecule has 5 nitrogen and oxygen atoms in total. The Balaban J connectivity index is 2.08. The van der Waals surface area contributed by atoms with Gasteiger partial charge in [0, 0.05) is 29.9 Å². The number of ether oxygens (including phenoxy) is 4. The summed E-state index contributed by atoms with van der Waals surface area (Å²) in [5, 5.41) is 3.28. The monoisotopic (exact) mass is 347 g/mol. The van der Waals surface area contributed by atoms with Gasteiger partial charge in [0.25, 0.3) is 0 Å². The van der Waals surface area contributed by atoms with E-state index in [2.05, 4.69) is 21.2 Å². The highest BCUT2D eigenvalue weighted by atomic mass is 79.9. The molecule has 1 aromatic carbocycles. The van der Waals surface area contributed by atoms with Crippen molar-refractivity contribution in [2.45, 2.75) is 0 Å². The van der Waals surface area contributed by atoms with E-state index in [1.165, 1.54) is 0 Å². The average Bonchev–Trinajstić information content (AvgIpc) is 2.45. The summed E-state index contributed by atoms with van der Waals surface area (Å²) in [5.74, 6) is 0.814. The van der Waals surface area contributed by atoms with Gasteiger partial charge < -0.3 is 24.3 Å². The van der Waals surface area contributed by atoms with Crippen LogP contribution in [0.5, 0.6) is 5.75 Å².